The Kier molecular flexibility index (Phi) is 6.78. The Bertz CT molecular complexity index is 1450. The second-order valence-electron chi connectivity index (χ2n) is 11.3. The van der Waals surface area contributed by atoms with E-state index in [4.69, 9.17) is 5.10 Å². The number of hydrogen-bond acceptors (Lipinski definition) is 4. The lowest BCUT2D eigenvalue weighted by atomic mass is 9.75. The van der Waals surface area contributed by atoms with Crippen LogP contribution in [0.15, 0.2) is 54.7 Å². The number of nitrogens with one attached hydrogen (secondary N) is 2. The van der Waals surface area contributed by atoms with Crippen molar-refractivity contribution in [1.82, 2.24) is 25.3 Å². The molecule has 9 heteroatoms. The molecule has 1 unspecified atom stereocenters. The summed E-state index contributed by atoms with van der Waals surface area (Å²) < 4.78 is 15.4. The normalized spacial score (nSPS) is 21.7. The standard InChI is InChI=1S/C31H33FN6O2/c1-34-30(40)37-16-22(17-37)20-6-8-21(9-7-20)27-18-38(24-12-10-23(32)11-13-24)36-28(27)25-4-2-3-5-26(25)29(39)35-31(19-33)14-15-31/h6-13,18,22,25-26H,2-5,14-17H2,1H3,(H,34,40)(H,35,39)/t25?,26-/m1/s1. The predicted octanol–water partition coefficient (Wildman–Crippen LogP) is 4.86. The molecule has 2 heterocycles. The Labute approximate surface area is 233 Å². The van der Waals surface area contributed by atoms with Gasteiger partial charge in [0.25, 0.3) is 0 Å². The van der Waals surface area contributed by atoms with Gasteiger partial charge >= 0.3 is 6.03 Å². The minimum Gasteiger partial charge on any atom is -0.341 e. The molecule has 3 fully saturated rings. The number of likely N-dealkylation sites (tertiary alicyclic amines) is 1. The van der Waals surface area contributed by atoms with Crippen molar-refractivity contribution in [2.75, 3.05) is 20.1 Å². The third-order valence-corrected chi connectivity index (χ3v) is 8.69. The van der Waals surface area contributed by atoms with Gasteiger partial charge in [0.2, 0.25) is 5.91 Å². The van der Waals surface area contributed by atoms with Crippen molar-refractivity contribution >= 4 is 11.9 Å². The first-order valence-corrected chi connectivity index (χ1v) is 14.1. The van der Waals surface area contributed by atoms with E-state index in [9.17, 15) is 19.2 Å². The highest BCUT2D eigenvalue weighted by Gasteiger charge is 2.47. The molecule has 2 saturated carbocycles. The molecule has 0 bridgehead atoms. The Morgan fingerprint density at radius 2 is 1.75 bits per heavy atom. The van der Waals surface area contributed by atoms with Gasteiger partial charge in [-0.25, -0.2) is 13.9 Å². The summed E-state index contributed by atoms with van der Waals surface area (Å²) in [5.74, 6) is -0.429. The van der Waals surface area contributed by atoms with Gasteiger partial charge in [0.15, 0.2) is 0 Å². The molecule has 1 saturated heterocycles. The minimum absolute atomic E-state index is 0.0563. The molecular formula is C31H33FN6O2. The zero-order valence-corrected chi connectivity index (χ0v) is 22.6. The van der Waals surface area contributed by atoms with E-state index in [2.05, 4.69) is 41.0 Å². The Morgan fingerprint density at radius 1 is 1.05 bits per heavy atom. The summed E-state index contributed by atoms with van der Waals surface area (Å²) in [6, 6.07) is 16.8. The maximum Gasteiger partial charge on any atom is 0.317 e. The molecule has 6 rings (SSSR count). The lowest BCUT2D eigenvalue weighted by Crippen LogP contribution is -2.51. The summed E-state index contributed by atoms with van der Waals surface area (Å²) in [6.07, 6.45) is 6.92. The van der Waals surface area contributed by atoms with Crippen LogP contribution >= 0.6 is 0 Å². The van der Waals surface area contributed by atoms with E-state index in [0.29, 0.717) is 31.8 Å². The summed E-state index contributed by atoms with van der Waals surface area (Å²) in [7, 11) is 1.64. The van der Waals surface area contributed by atoms with Crippen molar-refractivity contribution in [3.8, 4) is 22.9 Å². The summed E-state index contributed by atoms with van der Waals surface area (Å²) in [4.78, 5) is 27.1. The fraction of sp³-hybridized carbons (Fsp3) is 0.419. The zero-order valence-electron chi connectivity index (χ0n) is 22.6. The summed E-state index contributed by atoms with van der Waals surface area (Å²) in [5, 5.41) is 20.2. The van der Waals surface area contributed by atoms with Crippen LogP contribution in [-0.4, -0.2) is 52.3 Å². The lowest BCUT2D eigenvalue weighted by molar-refractivity contribution is -0.127. The van der Waals surface area contributed by atoms with Crippen LogP contribution in [-0.2, 0) is 4.79 Å². The van der Waals surface area contributed by atoms with Gasteiger partial charge in [0, 0.05) is 49.7 Å². The van der Waals surface area contributed by atoms with E-state index >= 15 is 0 Å². The molecule has 1 aromatic heterocycles. The van der Waals surface area contributed by atoms with Gasteiger partial charge < -0.3 is 15.5 Å². The summed E-state index contributed by atoms with van der Waals surface area (Å²) in [6.45, 7) is 1.38. The van der Waals surface area contributed by atoms with Crippen molar-refractivity contribution in [3.63, 3.8) is 0 Å². The van der Waals surface area contributed by atoms with Crippen molar-refractivity contribution in [2.24, 2.45) is 5.92 Å². The van der Waals surface area contributed by atoms with Gasteiger partial charge in [-0.3, -0.25) is 4.79 Å². The second kappa shape index (κ2) is 10.4. The number of amides is 3. The average Bonchev–Trinajstić information content (AvgIpc) is 3.59. The predicted molar refractivity (Wildman–Crippen MR) is 148 cm³/mol. The van der Waals surface area contributed by atoms with Crippen molar-refractivity contribution in [1.29, 1.82) is 5.26 Å². The van der Waals surface area contributed by atoms with Gasteiger partial charge in [-0.2, -0.15) is 10.4 Å². The molecule has 3 aromatic rings. The highest BCUT2D eigenvalue weighted by atomic mass is 19.1. The van der Waals surface area contributed by atoms with Crippen molar-refractivity contribution in [2.45, 2.75) is 55.9 Å². The molecule has 206 valence electrons. The van der Waals surface area contributed by atoms with Crippen molar-refractivity contribution < 1.29 is 14.0 Å². The lowest BCUT2D eigenvalue weighted by Gasteiger charge is -2.39. The quantitative estimate of drug-likeness (QED) is 0.466. The second-order valence-corrected chi connectivity index (χ2v) is 11.3. The Hall–Kier alpha value is -4.19. The van der Waals surface area contributed by atoms with Gasteiger partial charge in [-0.05, 0) is 61.1 Å². The number of urea groups is 1. The third-order valence-electron chi connectivity index (χ3n) is 8.69. The van der Waals surface area contributed by atoms with E-state index in [1.165, 1.54) is 17.7 Å². The van der Waals surface area contributed by atoms with Gasteiger partial charge in [-0.15, -0.1) is 0 Å². The number of halogens is 1. The number of carbonyl (C=O) groups excluding carboxylic acids is 2. The fourth-order valence-electron chi connectivity index (χ4n) is 6.05. The van der Waals surface area contributed by atoms with Crippen LogP contribution in [0.25, 0.3) is 16.8 Å². The largest absolute Gasteiger partial charge is 0.341 e. The van der Waals surface area contributed by atoms with E-state index in [0.717, 1.165) is 48.2 Å². The molecule has 0 spiro atoms. The number of benzene rings is 2. The number of nitriles is 1. The topological polar surface area (TPSA) is 103 Å². The van der Waals surface area contributed by atoms with Crippen LogP contribution in [0.3, 0.4) is 0 Å². The molecule has 2 aliphatic carbocycles. The molecule has 0 radical (unpaired) electrons. The van der Waals surface area contributed by atoms with E-state index < -0.39 is 5.54 Å². The third kappa shape index (κ3) is 4.94. The highest BCUT2D eigenvalue weighted by Crippen LogP contribution is 2.43. The van der Waals surface area contributed by atoms with Crippen LogP contribution in [0.4, 0.5) is 9.18 Å². The molecular weight excluding hydrogens is 507 g/mol. The maximum atomic E-state index is 13.7. The minimum atomic E-state index is -0.708. The van der Waals surface area contributed by atoms with Crippen LogP contribution in [0.5, 0.6) is 0 Å². The average molecular weight is 541 g/mol. The maximum absolute atomic E-state index is 13.7. The first kappa shape index (κ1) is 26.1. The van der Waals surface area contributed by atoms with E-state index in [1.807, 2.05) is 6.20 Å². The number of hydrogen-bond donors (Lipinski definition) is 2. The van der Waals surface area contributed by atoms with Crippen LogP contribution < -0.4 is 10.6 Å². The number of nitrogens with zero attached hydrogens (tertiary/aromatic N) is 4. The van der Waals surface area contributed by atoms with Crippen LogP contribution in [0, 0.1) is 23.1 Å². The summed E-state index contributed by atoms with van der Waals surface area (Å²) in [5.41, 5.74) is 4.01. The number of aromatic nitrogens is 2. The summed E-state index contributed by atoms with van der Waals surface area (Å²) >= 11 is 0. The van der Waals surface area contributed by atoms with Crippen LogP contribution in [0.2, 0.25) is 0 Å². The molecule has 2 N–H and O–H groups in total. The Balaban J connectivity index is 1.32. The first-order chi connectivity index (χ1) is 19.4. The molecule has 3 amide bonds. The van der Waals surface area contributed by atoms with Crippen LogP contribution in [0.1, 0.15) is 61.6 Å². The van der Waals surface area contributed by atoms with Crippen molar-refractivity contribution in [3.05, 3.63) is 71.8 Å². The molecule has 40 heavy (non-hydrogen) atoms. The fourth-order valence-corrected chi connectivity index (χ4v) is 6.05. The molecule has 8 nitrogen and oxygen atoms in total. The molecule has 2 atom stereocenters. The van der Waals surface area contributed by atoms with E-state index in [1.54, 1.807) is 28.8 Å². The number of carbonyl (C=O) groups is 2. The van der Waals surface area contributed by atoms with Gasteiger partial charge in [0.1, 0.15) is 11.4 Å². The molecule has 2 aromatic carbocycles. The smallest absolute Gasteiger partial charge is 0.317 e. The van der Waals surface area contributed by atoms with Gasteiger partial charge in [0.05, 0.1) is 17.5 Å². The zero-order chi connectivity index (χ0) is 27.9. The Morgan fingerprint density at radius 3 is 2.40 bits per heavy atom. The van der Waals surface area contributed by atoms with Gasteiger partial charge in [-0.1, -0.05) is 37.1 Å². The SMILES string of the molecule is CNC(=O)N1CC(c2ccc(-c3cn(-c4ccc(F)cc4)nc3C3CCCC[C@H]3C(=O)NC3(C#N)CC3)cc2)C1. The number of rotatable bonds is 6. The first-order valence-electron chi connectivity index (χ1n) is 14.1. The highest BCUT2D eigenvalue weighted by molar-refractivity contribution is 5.82. The monoisotopic (exact) mass is 540 g/mol. The van der Waals surface area contributed by atoms with E-state index in [-0.39, 0.29) is 29.6 Å². The molecule has 3 aliphatic rings. The molecule has 1 aliphatic heterocycles.